The van der Waals surface area contributed by atoms with Gasteiger partial charge in [-0.15, -0.1) is 5.10 Å². The Balaban J connectivity index is 1.83. The smallest absolute Gasteiger partial charge is 0.165 e. The van der Waals surface area contributed by atoms with Crippen molar-refractivity contribution in [2.24, 2.45) is 11.8 Å². The Bertz CT molecular complexity index is 347. The molecule has 0 radical (unpaired) electrons. The predicted molar refractivity (Wildman–Crippen MR) is 55.1 cm³/mol. The van der Waals surface area contributed by atoms with Crippen LogP contribution in [0.15, 0.2) is 0 Å². The summed E-state index contributed by atoms with van der Waals surface area (Å²) in [5.41, 5.74) is 0. The van der Waals surface area contributed by atoms with Crippen LogP contribution in [0.2, 0.25) is 0 Å². The molecular weight excluding hydrogens is 190 g/mol. The fourth-order valence-corrected chi connectivity index (χ4v) is 3.26. The highest BCUT2D eigenvalue weighted by Crippen LogP contribution is 2.50. The van der Waals surface area contributed by atoms with Crippen molar-refractivity contribution in [1.29, 1.82) is 0 Å². The van der Waals surface area contributed by atoms with E-state index in [2.05, 4.69) is 25.5 Å². The van der Waals surface area contributed by atoms with Crippen LogP contribution in [-0.4, -0.2) is 27.3 Å². The lowest BCUT2D eigenvalue weighted by Crippen LogP contribution is -2.22. The van der Waals surface area contributed by atoms with Gasteiger partial charge in [0.05, 0.1) is 12.6 Å². The number of hydrogen-bond acceptors (Lipinski definition) is 4. The first-order valence-corrected chi connectivity index (χ1v) is 5.80. The van der Waals surface area contributed by atoms with Gasteiger partial charge in [-0.3, -0.25) is 0 Å². The van der Waals surface area contributed by atoms with Gasteiger partial charge in [-0.1, -0.05) is 6.42 Å². The maximum atomic E-state index is 4.15. The standard InChI is InChI=1S/C10H17N5/c1-11-6-10-12-13-14-15(10)9-5-7-2-3-8(9)4-7/h7-9,11H,2-6H2,1H3. The second-order valence-electron chi connectivity index (χ2n) is 4.81. The third kappa shape index (κ3) is 1.45. The first kappa shape index (κ1) is 9.27. The van der Waals surface area contributed by atoms with Gasteiger partial charge >= 0.3 is 0 Å². The van der Waals surface area contributed by atoms with Gasteiger partial charge in [0.2, 0.25) is 0 Å². The summed E-state index contributed by atoms with van der Waals surface area (Å²) < 4.78 is 2.06. The van der Waals surface area contributed by atoms with Crippen molar-refractivity contribution in [3.8, 4) is 0 Å². The van der Waals surface area contributed by atoms with E-state index in [1.807, 2.05) is 7.05 Å². The van der Waals surface area contributed by atoms with Gasteiger partial charge in [-0.2, -0.15) is 0 Å². The van der Waals surface area contributed by atoms with Gasteiger partial charge < -0.3 is 5.32 Å². The zero-order valence-corrected chi connectivity index (χ0v) is 9.06. The number of aromatic nitrogens is 4. The van der Waals surface area contributed by atoms with Gasteiger partial charge in [-0.25, -0.2) is 4.68 Å². The van der Waals surface area contributed by atoms with Crippen molar-refractivity contribution in [3.63, 3.8) is 0 Å². The topological polar surface area (TPSA) is 55.6 Å². The van der Waals surface area contributed by atoms with Gasteiger partial charge in [0, 0.05) is 0 Å². The molecule has 0 aromatic carbocycles. The Morgan fingerprint density at radius 3 is 3.00 bits per heavy atom. The zero-order valence-electron chi connectivity index (χ0n) is 9.06. The summed E-state index contributed by atoms with van der Waals surface area (Å²) >= 11 is 0. The molecule has 3 rings (SSSR count). The van der Waals surface area contributed by atoms with E-state index in [0.717, 1.165) is 24.2 Å². The lowest BCUT2D eigenvalue weighted by atomic mass is 9.95. The Morgan fingerprint density at radius 1 is 1.40 bits per heavy atom. The van der Waals surface area contributed by atoms with Crippen molar-refractivity contribution in [3.05, 3.63) is 5.82 Å². The molecule has 2 fully saturated rings. The molecule has 3 unspecified atom stereocenters. The number of nitrogens with zero attached hydrogens (tertiary/aromatic N) is 4. The minimum atomic E-state index is 0.571. The van der Waals surface area contributed by atoms with Gasteiger partial charge in [0.25, 0.3) is 0 Å². The van der Waals surface area contributed by atoms with Crippen molar-refractivity contribution in [2.45, 2.75) is 38.3 Å². The van der Waals surface area contributed by atoms with Crippen LogP contribution >= 0.6 is 0 Å². The Labute approximate surface area is 89.2 Å². The molecule has 2 aliphatic rings. The summed E-state index contributed by atoms with van der Waals surface area (Å²) in [6, 6.07) is 0.571. The van der Waals surface area contributed by atoms with E-state index in [-0.39, 0.29) is 0 Å². The van der Waals surface area contributed by atoms with Crippen molar-refractivity contribution >= 4 is 0 Å². The second-order valence-corrected chi connectivity index (χ2v) is 4.81. The van der Waals surface area contributed by atoms with Crippen LogP contribution in [0.3, 0.4) is 0 Å². The number of hydrogen-bond donors (Lipinski definition) is 1. The first-order chi connectivity index (χ1) is 7.38. The van der Waals surface area contributed by atoms with Crippen LogP contribution in [0.5, 0.6) is 0 Å². The third-order valence-corrected chi connectivity index (χ3v) is 3.91. The largest absolute Gasteiger partial charge is 0.313 e. The molecule has 2 aliphatic carbocycles. The van der Waals surface area contributed by atoms with Crippen LogP contribution in [0.4, 0.5) is 0 Å². The number of nitrogens with one attached hydrogen (secondary N) is 1. The molecule has 5 heteroatoms. The van der Waals surface area contributed by atoms with Gasteiger partial charge in [0.1, 0.15) is 0 Å². The van der Waals surface area contributed by atoms with E-state index in [0.29, 0.717) is 6.04 Å². The van der Waals surface area contributed by atoms with Crippen LogP contribution < -0.4 is 5.32 Å². The molecule has 1 aromatic heterocycles. The number of tetrazole rings is 1. The number of rotatable bonds is 3. The molecule has 0 amide bonds. The van der Waals surface area contributed by atoms with Crippen LogP contribution in [0.25, 0.3) is 0 Å². The van der Waals surface area contributed by atoms with E-state index >= 15 is 0 Å². The van der Waals surface area contributed by atoms with Crippen LogP contribution in [0.1, 0.15) is 37.5 Å². The predicted octanol–water partition coefficient (Wildman–Crippen LogP) is 0.754. The SMILES string of the molecule is CNCc1nnnn1C1CC2CCC1C2. The minimum absolute atomic E-state index is 0.571. The van der Waals surface area contributed by atoms with Crippen LogP contribution in [-0.2, 0) is 6.54 Å². The summed E-state index contributed by atoms with van der Waals surface area (Å²) in [4.78, 5) is 0. The molecule has 0 aliphatic heterocycles. The monoisotopic (exact) mass is 207 g/mol. The molecular formula is C10H17N5. The third-order valence-electron chi connectivity index (χ3n) is 3.91. The van der Waals surface area contributed by atoms with E-state index in [1.54, 1.807) is 0 Å². The quantitative estimate of drug-likeness (QED) is 0.794. The normalized spacial score (nSPS) is 33.8. The van der Waals surface area contributed by atoms with E-state index in [4.69, 9.17) is 0 Å². The summed E-state index contributed by atoms with van der Waals surface area (Å²) in [6.45, 7) is 0.765. The Hall–Kier alpha value is -0.970. The molecule has 5 nitrogen and oxygen atoms in total. The summed E-state index contributed by atoms with van der Waals surface area (Å²) in [5.74, 6) is 2.75. The summed E-state index contributed by atoms with van der Waals surface area (Å²) in [5, 5.41) is 15.1. The molecule has 2 saturated carbocycles. The Kier molecular flexibility index (Phi) is 2.20. The molecule has 1 aromatic rings. The van der Waals surface area contributed by atoms with E-state index < -0.39 is 0 Å². The molecule has 3 atom stereocenters. The molecule has 2 bridgehead atoms. The molecule has 0 saturated heterocycles. The molecule has 0 spiro atoms. The first-order valence-electron chi connectivity index (χ1n) is 5.80. The fourth-order valence-electron chi connectivity index (χ4n) is 3.26. The van der Waals surface area contributed by atoms with E-state index in [9.17, 15) is 0 Å². The molecule has 1 heterocycles. The maximum absolute atomic E-state index is 4.15. The minimum Gasteiger partial charge on any atom is -0.313 e. The lowest BCUT2D eigenvalue weighted by molar-refractivity contribution is 0.294. The molecule has 1 N–H and O–H groups in total. The molecule has 15 heavy (non-hydrogen) atoms. The highest BCUT2D eigenvalue weighted by Gasteiger charge is 2.41. The maximum Gasteiger partial charge on any atom is 0.165 e. The summed E-state index contributed by atoms with van der Waals surface area (Å²) in [6.07, 6.45) is 5.47. The van der Waals surface area contributed by atoms with Crippen molar-refractivity contribution in [1.82, 2.24) is 25.5 Å². The second kappa shape index (κ2) is 3.56. The number of fused-ring (bicyclic) bond motifs is 2. The van der Waals surface area contributed by atoms with E-state index in [1.165, 1.54) is 25.7 Å². The average Bonchev–Trinajstić information content (AvgIpc) is 2.91. The summed E-state index contributed by atoms with van der Waals surface area (Å²) in [7, 11) is 1.93. The molecule has 82 valence electrons. The Morgan fingerprint density at radius 2 is 2.33 bits per heavy atom. The fraction of sp³-hybridized carbons (Fsp3) is 0.900. The highest BCUT2D eigenvalue weighted by molar-refractivity contribution is 4.96. The highest BCUT2D eigenvalue weighted by atomic mass is 15.6. The van der Waals surface area contributed by atoms with Crippen molar-refractivity contribution in [2.75, 3.05) is 7.05 Å². The van der Waals surface area contributed by atoms with Crippen molar-refractivity contribution < 1.29 is 0 Å². The van der Waals surface area contributed by atoms with Gasteiger partial charge in [-0.05, 0) is 48.6 Å². The lowest BCUT2D eigenvalue weighted by Gasteiger charge is -2.22. The zero-order chi connectivity index (χ0) is 10.3. The average molecular weight is 207 g/mol. The van der Waals surface area contributed by atoms with Gasteiger partial charge in [0.15, 0.2) is 5.82 Å². The van der Waals surface area contributed by atoms with Crippen LogP contribution in [0, 0.1) is 11.8 Å².